The highest BCUT2D eigenvalue weighted by Gasteiger charge is 2.31. The Morgan fingerprint density at radius 2 is 2.14 bits per heavy atom. The molecule has 2 nitrogen and oxygen atoms in total. The van der Waals surface area contributed by atoms with E-state index in [1.807, 2.05) is 0 Å². The lowest BCUT2D eigenvalue weighted by Crippen LogP contribution is -2.24. The molecular formula is C11H18N2S. The quantitative estimate of drug-likeness (QED) is 0.815. The number of thiazole rings is 1. The van der Waals surface area contributed by atoms with E-state index in [9.17, 15) is 0 Å². The zero-order valence-electron chi connectivity index (χ0n) is 8.75. The smallest absolute Gasteiger partial charge is 0.0988 e. The molecule has 2 rings (SSSR count). The molecular weight excluding hydrogens is 192 g/mol. The lowest BCUT2D eigenvalue weighted by atomic mass is 9.76. The van der Waals surface area contributed by atoms with E-state index in [0.29, 0.717) is 12.0 Å². The average Bonchev–Trinajstić information content (AvgIpc) is 2.67. The van der Waals surface area contributed by atoms with Crippen molar-refractivity contribution < 1.29 is 0 Å². The summed E-state index contributed by atoms with van der Waals surface area (Å²) < 4.78 is 0. The lowest BCUT2D eigenvalue weighted by Gasteiger charge is -2.31. The molecule has 0 radical (unpaired) electrons. The van der Waals surface area contributed by atoms with Gasteiger partial charge in [-0.1, -0.05) is 26.2 Å². The summed E-state index contributed by atoms with van der Waals surface area (Å²) in [5.74, 6) is 0. The van der Waals surface area contributed by atoms with Crippen LogP contribution >= 0.6 is 11.3 Å². The highest BCUT2D eigenvalue weighted by molar-refractivity contribution is 7.09. The Bertz CT molecular complexity index is 300. The molecule has 3 heteroatoms. The molecule has 1 fully saturated rings. The highest BCUT2D eigenvalue weighted by atomic mass is 32.1. The van der Waals surface area contributed by atoms with E-state index in [4.69, 9.17) is 5.73 Å². The first-order valence-electron chi connectivity index (χ1n) is 5.39. The average molecular weight is 210 g/mol. The Labute approximate surface area is 89.5 Å². The summed E-state index contributed by atoms with van der Waals surface area (Å²) in [7, 11) is 0. The Morgan fingerprint density at radius 1 is 1.43 bits per heavy atom. The van der Waals surface area contributed by atoms with Gasteiger partial charge in [-0.2, -0.15) is 0 Å². The largest absolute Gasteiger partial charge is 0.325 e. The van der Waals surface area contributed by atoms with Crippen molar-refractivity contribution in [1.29, 1.82) is 0 Å². The maximum absolute atomic E-state index is 5.58. The fraction of sp³-hybridized carbons (Fsp3) is 0.727. The number of hydrogen-bond donors (Lipinski definition) is 1. The van der Waals surface area contributed by atoms with E-state index in [1.54, 1.807) is 11.3 Å². The van der Waals surface area contributed by atoms with Crippen LogP contribution in [0, 0.1) is 0 Å². The van der Waals surface area contributed by atoms with Crippen LogP contribution in [0.5, 0.6) is 0 Å². The first-order chi connectivity index (χ1) is 6.74. The van der Waals surface area contributed by atoms with Crippen LogP contribution in [-0.2, 0) is 12.0 Å². The summed E-state index contributed by atoms with van der Waals surface area (Å²) in [5.41, 5.74) is 6.98. The van der Waals surface area contributed by atoms with E-state index in [-0.39, 0.29) is 0 Å². The Balaban J connectivity index is 2.19. The van der Waals surface area contributed by atoms with Crippen molar-refractivity contribution in [3.63, 3.8) is 0 Å². The minimum atomic E-state index is 0.344. The van der Waals surface area contributed by atoms with Gasteiger partial charge in [0.2, 0.25) is 0 Å². The van der Waals surface area contributed by atoms with Gasteiger partial charge in [-0.3, -0.25) is 0 Å². The van der Waals surface area contributed by atoms with Crippen LogP contribution in [0.4, 0.5) is 0 Å². The molecule has 0 spiro atoms. The molecule has 1 aromatic rings. The number of nitrogens with two attached hydrogens (primary N) is 1. The van der Waals surface area contributed by atoms with Crippen molar-refractivity contribution in [2.45, 2.75) is 51.0 Å². The van der Waals surface area contributed by atoms with Crippen molar-refractivity contribution >= 4 is 11.3 Å². The second kappa shape index (κ2) is 3.99. The normalized spacial score (nSPS) is 21.0. The van der Waals surface area contributed by atoms with Gasteiger partial charge in [0.1, 0.15) is 0 Å². The van der Waals surface area contributed by atoms with Crippen LogP contribution in [-0.4, -0.2) is 4.98 Å². The monoisotopic (exact) mass is 210 g/mol. The first kappa shape index (κ1) is 10.1. The third-order valence-corrected chi connectivity index (χ3v) is 4.43. The van der Waals surface area contributed by atoms with Crippen molar-refractivity contribution in [3.05, 3.63) is 16.1 Å². The zero-order valence-corrected chi connectivity index (χ0v) is 9.57. The molecule has 1 aliphatic rings. The molecule has 14 heavy (non-hydrogen) atoms. The fourth-order valence-electron chi connectivity index (χ4n) is 2.22. The van der Waals surface area contributed by atoms with Crippen molar-refractivity contribution in [3.8, 4) is 0 Å². The van der Waals surface area contributed by atoms with Crippen LogP contribution < -0.4 is 5.73 Å². The second-order valence-corrected chi connectivity index (χ2v) is 5.33. The minimum Gasteiger partial charge on any atom is -0.325 e. The SMILES string of the molecule is CC1(c2nc(CN)cs2)CCCCC1. The third kappa shape index (κ3) is 1.84. The van der Waals surface area contributed by atoms with Crippen LogP contribution in [0.1, 0.15) is 49.7 Å². The fourth-order valence-corrected chi connectivity index (χ4v) is 3.28. The van der Waals surface area contributed by atoms with E-state index in [0.717, 1.165) is 5.69 Å². The summed E-state index contributed by atoms with van der Waals surface area (Å²) in [5, 5.41) is 3.41. The second-order valence-electron chi connectivity index (χ2n) is 4.47. The molecule has 0 unspecified atom stereocenters. The zero-order chi connectivity index (χ0) is 10.0. The standard InChI is InChI=1S/C11H18N2S/c1-11(5-3-2-4-6-11)10-13-9(7-12)8-14-10/h8H,2-7,12H2,1H3. The molecule has 0 aromatic carbocycles. The molecule has 1 saturated carbocycles. The van der Waals surface area contributed by atoms with Crippen LogP contribution in [0.2, 0.25) is 0 Å². The highest BCUT2D eigenvalue weighted by Crippen LogP contribution is 2.40. The van der Waals surface area contributed by atoms with Crippen molar-refractivity contribution in [1.82, 2.24) is 4.98 Å². The third-order valence-electron chi connectivity index (χ3n) is 3.23. The Hall–Kier alpha value is -0.410. The van der Waals surface area contributed by atoms with Gasteiger partial charge >= 0.3 is 0 Å². The van der Waals surface area contributed by atoms with Gasteiger partial charge in [0.05, 0.1) is 10.7 Å². The van der Waals surface area contributed by atoms with Crippen molar-refractivity contribution in [2.24, 2.45) is 5.73 Å². The van der Waals surface area contributed by atoms with Gasteiger partial charge in [-0.05, 0) is 12.8 Å². The maximum atomic E-state index is 5.58. The molecule has 0 aliphatic heterocycles. The summed E-state index contributed by atoms with van der Waals surface area (Å²) in [4.78, 5) is 4.62. The minimum absolute atomic E-state index is 0.344. The Kier molecular flexibility index (Phi) is 2.88. The molecule has 0 saturated heterocycles. The van der Waals surface area contributed by atoms with E-state index >= 15 is 0 Å². The van der Waals surface area contributed by atoms with Crippen molar-refractivity contribution in [2.75, 3.05) is 0 Å². The van der Waals surface area contributed by atoms with E-state index < -0.39 is 0 Å². The van der Waals surface area contributed by atoms with Crippen LogP contribution in [0.3, 0.4) is 0 Å². The number of rotatable bonds is 2. The lowest BCUT2D eigenvalue weighted by molar-refractivity contribution is 0.318. The number of hydrogen-bond acceptors (Lipinski definition) is 3. The van der Waals surface area contributed by atoms with Gasteiger partial charge in [0, 0.05) is 17.3 Å². The molecule has 0 atom stereocenters. The van der Waals surface area contributed by atoms with Gasteiger partial charge in [0.15, 0.2) is 0 Å². The summed E-state index contributed by atoms with van der Waals surface area (Å²) in [6.45, 7) is 2.93. The van der Waals surface area contributed by atoms with Crippen LogP contribution in [0.15, 0.2) is 5.38 Å². The molecule has 2 N–H and O–H groups in total. The predicted octanol–water partition coefficient (Wildman–Crippen LogP) is 2.82. The number of nitrogens with zero attached hydrogens (tertiary/aromatic N) is 1. The summed E-state index contributed by atoms with van der Waals surface area (Å²) in [6, 6.07) is 0. The maximum Gasteiger partial charge on any atom is 0.0988 e. The molecule has 0 amide bonds. The summed E-state index contributed by atoms with van der Waals surface area (Å²) in [6.07, 6.45) is 6.70. The molecule has 1 aromatic heterocycles. The Morgan fingerprint density at radius 3 is 2.71 bits per heavy atom. The van der Waals surface area contributed by atoms with Gasteiger partial charge < -0.3 is 5.73 Å². The van der Waals surface area contributed by atoms with E-state index in [2.05, 4.69) is 17.3 Å². The molecule has 1 heterocycles. The molecule has 78 valence electrons. The number of aromatic nitrogens is 1. The summed E-state index contributed by atoms with van der Waals surface area (Å²) >= 11 is 1.79. The van der Waals surface area contributed by atoms with Gasteiger partial charge in [-0.15, -0.1) is 11.3 Å². The first-order valence-corrected chi connectivity index (χ1v) is 6.27. The van der Waals surface area contributed by atoms with Gasteiger partial charge in [0.25, 0.3) is 0 Å². The van der Waals surface area contributed by atoms with Gasteiger partial charge in [-0.25, -0.2) is 4.98 Å². The molecule has 0 bridgehead atoms. The topological polar surface area (TPSA) is 38.9 Å². The van der Waals surface area contributed by atoms with Crippen LogP contribution in [0.25, 0.3) is 0 Å². The predicted molar refractivity (Wildman–Crippen MR) is 60.4 cm³/mol. The molecule has 1 aliphatic carbocycles. The van der Waals surface area contributed by atoms with E-state index in [1.165, 1.54) is 37.1 Å².